The normalized spacial score (nSPS) is 12.1. The van der Waals surface area contributed by atoms with Crippen LogP contribution in [0, 0.1) is 0 Å². The lowest BCUT2D eigenvalue weighted by atomic mass is 9.85. The molecular formula is C43H28O2. The smallest absolute Gasteiger partial charge is 0.143 e. The first-order valence-corrected chi connectivity index (χ1v) is 15.3. The molecule has 0 aliphatic carbocycles. The van der Waals surface area contributed by atoms with Crippen molar-refractivity contribution in [2.24, 2.45) is 0 Å². The Bertz CT molecular complexity index is 2620. The van der Waals surface area contributed by atoms with E-state index in [4.69, 9.17) is 8.83 Å². The number of rotatable bonds is 4. The zero-order valence-corrected chi connectivity index (χ0v) is 24.8. The Hall–Kier alpha value is -5.86. The number of allylic oxidation sites excluding steroid dienone is 1. The number of benzene rings is 7. The minimum absolute atomic E-state index is 0.792. The van der Waals surface area contributed by atoms with Crippen LogP contribution >= 0.6 is 0 Å². The molecule has 0 saturated heterocycles. The summed E-state index contributed by atoms with van der Waals surface area (Å²) in [7, 11) is 0. The first kappa shape index (κ1) is 25.6. The van der Waals surface area contributed by atoms with Gasteiger partial charge in [-0.2, -0.15) is 0 Å². The fraction of sp³-hybridized carbons (Fsp3) is 0.0233. The summed E-state index contributed by atoms with van der Waals surface area (Å²) in [5.41, 5.74) is 8.50. The quantitative estimate of drug-likeness (QED) is 0.195. The molecule has 2 heterocycles. The lowest BCUT2D eigenvalue weighted by Gasteiger charge is -2.17. The van der Waals surface area contributed by atoms with E-state index >= 15 is 0 Å². The number of hydrogen-bond donors (Lipinski definition) is 0. The minimum Gasteiger partial charge on any atom is -0.456 e. The van der Waals surface area contributed by atoms with Crippen LogP contribution in [0.5, 0.6) is 0 Å². The summed E-state index contributed by atoms with van der Waals surface area (Å²) in [5.74, 6) is 0.792. The first-order valence-electron chi connectivity index (χ1n) is 15.3. The Morgan fingerprint density at radius 2 is 1.11 bits per heavy atom. The van der Waals surface area contributed by atoms with Gasteiger partial charge in [-0.3, -0.25) is 0 Å². The summed E-state index contributed by atoms with van der Waals surface area (Å²) in [5, 5.41) is 10.5. The maximum absolute atomic E-state index is 6.46. The van der Waals surface area contributed by atoms with E-state index in [2.05, 4.69) is 134 Å². The van der Waals surface area contributed by atoms with Crippen LogP contribution in [0.2, 0.25) is 0 Å². The highest BCUT2D eigenvalue weighted by Gasteiger charge is 2.19. The molecule has 0 atom stereocenters. The van der Waals surface area contributed by atoms with Crippen molar-refractivity contribution in [1.29, 1.82) is 0 Å². The molecule has 0 fully saturated rings. The summed E-state index contributed by atoms with van der Waals surface area (Å²) < 4.78 is 12.8. The highest BCUT2D eigenvalue weighted by Crippen LogP contribution is 2.46. The predicted molar refractivity (Wildman–Crippen MR) is 192 cm³/mol. The Morgan fingerprint density at radius 3 is 1.78 bits per heavy atom. The SMILES string of the molecule is C=Cc1oc2cc(-c3c4ccccc4c(-c4ccc5oc6c7ccccc7ccc6c5c4)c4ccccc34)ccc2c1/C=C\C. The Labute approximate surface area is 260 Å². The summed E-state index contributed by atoms with van der Waals surface area (Å²) in [6.45, 7) is 6.00. The Kier molecular flexibility index (Phi) is 5.60. The van der Waals surface area contributed by atoms with Crippen LogP contribution in [0.25, 0.3) is 99.6 Å². The van der Waals surface area contributed by atoms with Gasteiger partial charge in [0.05, 0.1) is 0 Å². The molecule has 0 bridgehead atoms. The minimum atomic E-state index is 0.792. The van der Waals surface area contributed by atoms with Gasteiger partial charge in [-0.05, 0) is 92.5 Å². The van der Waals surface area contributed by atoms with E-state index in [0.717, 1.165) is 55.2 Å². The van der Waals surface area contributed by atoms with Crippen molar-refractivity contribution in [3.63, 3.8) is 0 Å². The zero-order valence-electron chi connectivity index (χ0n) is 24.8. The third kappa shape index (κ3) is 3.76. The summed E-state index contributed by atoms with van der Waals surface area (Å²) in [6.07, 6.45) is 5.92. The van der Waals surface area contributed by atoms with Gasteiger partial charge in [-0.15, -0.1) is 0 Å². The second kappa shape index (κ2) is 9.83. The van der Waals surface area contributed by atoms with Crippen molar-refractivity contribution in [1.82, 2.24) is 0 Å². The van der Waals surface area contributed by atoms with Crippen molar-refractivity contribution in [3.05, 3.63) is 145 Å². The van der Waals surface area contributed by atoms with E-state index in [-0.39, 0.29) is 0 Å². The second-order valence-electron chi connectivity index (χ2n) is 11.6. The molecule has 0 unspecified atom stereocenters. The van der Waals surface area contributed by atoms with Crippen LogP contribution < -0.4 is 0 Å². The number of hydrogen-bond acceptors (Lipinski definition) is 2. The average Bonchev–Trinajstić information content (AvgIpc) is 3.64. The molecule has 0 aliphatic rings. The van der Waals surface area contributed by atoms with E-state index in [1.54, 1.807) is 6.08 Å². The van der Waals surface area contributed by atoms with E-state index in [0.29, 0.717) is 0 Å². The van der Waals surface area contributed by atoms with E-state index < -0.39 is 0 Å². The van der Waals surface area contributed by atoms with Crippen molar-refractivity contribution >= 4 is 77.4 Å². The topological polar surface area (TPSA) is 26.3 Å². The molecule has 0 radical (unpaired) electrons. The standard InChI is InChI=1S/C43H28O2/c1-3-11-30-31-21-19-28(25-40(31)44-38(30)4-2)42-34-16-9-7-14-32(34)41(33-15-8-10-17-35(33)42)27-20-23-39-37(24-27)36-22-18-26-12-5-6-13-29(26)43(36)45-39/h3-25H,2H2,1H3/b11-3-. The molecule has 0 saturated carbocycles. The molecule has 45 heavy (non-hydrogen) atoms. The molecular weight excluding hydrogens is 548 g/mol. The Balaban J connectivity index is 1.33. The van der Waals surface area contributed by atoms with Gasteiger partial charge in [-0.1, -0.05) is 110 Å². The number of furan rings is 2. The fourth-order valence-corrected chi connectivity index (χ4v) is 7.19. The lowest BCUT2D eigenvalue weighted by molar-refractivity contribution is 0.603. The summed E-state index contributed by atoms with van der Waals surface area (Å²) in [4.78, 5) is 0. The zero-order chi connectivity index (χ0) is 30.1. The van der Waals surface area contributed by atoms with Crippen LogP contribution in [0.1, 0.15) is 18.2 Å². The summed E-state index contributed by atoms with van der Waals surface area (Å²) >= 11 is 0. The molecule has 0 N–H and O–H groups in total. The molecule has 0 amide bonds. The van der Waals surface area contributed by atoms with Crippen molar-refractivity contribution < 1.29 is 8.83 Å². The fourth-order valence-electron chi connectivity index (χ4n) is 7.19. The highest BCUT2D eigenvalue weighted by atomic mass is 16.3. The van der Waals surface area contributed by atoms with E-state index in [9.17, 15) is 0 Å². The molecule has 9 rings (SSSR count). The first-order chi connectivity index (χ1) is 22.2. The van der Waals surface area contributed by atoms with Crippen molar-refractivity contribution in [3.8, 4) is 22.3 Å². The van der Waals surface area contributed by atoms with Gasteiger partial charge in [0.25, 0.3) is 0 Å². The molecule has 2 heteroatoms. The molecule has 2 aromatic heterocycles. The maximum Gasteiger partial charge on any atom is 0.143 e. The van der Waals surface area contributed by atoms with Crippen LogP contribution in [0.4, 0.5) is 0 Å². The molecule has 2 nitrogen and oxygen atoms in total. The van der Waals surface area contributed by atoms with Crippen molar-refractivity contribution in [2.75, 3.05) is 0 Å². The molecule has 9 aromatic rings. The van der Waals surface area contributed by atoms with Gasteiger partial charge in [-0.25, -0.2) is 0 Å². The van der Waals surface area contributed by atoms with E-state index in [1.807, 2.05) is 13.0 Å². The van der Waals surface area contributed by atoms with Gasteiger partial charge in [0, 0.05) is 27.1 Å². The van der Waals surface area contributed by atoms with Gasteiger partial charge in [0.1, 0.15) is 22.5 Å². The summed E-state index contributed by atoms with van der Waals surface area (Å²) in [6, 6.07) is 43.5. The average molecular weight is 577 g/mol. The van der Waals surface area contributed by atoms with Crippen LogP contribution in [0.3, 0.4) is 0 Å². The van der Waals surface area contributed by atoms with Gasteiger partial charge in [0.15, 0.2) is 0 Å². The van der Waals surface area contributed by atoms with Crippen LogP contribution in [0.15, 0.2) is 143 Å². The van der Waals surface area contributed by atoms with Gasteiger partial charge < -0.3 is 8.83 Å². The predicted octanol–water partition coefficient (Wildman–Crippen LogP) is 12.8. The maximum atomic E-state index is 6.46. The van der Waals surface area contributed by atoms with Gasteiger partial charge in [0.2, 0.25) is 0 Å². The van der Waals surface area contributed by atoms with Crippen LogP contribution in [-0.2, 0) is 0 Å². The largest absolute Gasteiger partial charge is 0.456 e. The lowest BCUT2D eigenvalue weighted by Crippen LogP contribution is -1.90. The third-order valence-electron chi connectivity index (χ3n) is 9.15. The van der Waals surface area contributed by atoms with Crippen molar-refractivity contribution in [2.45, 2.75) is 6.92 Å². The molecule has 7 aromatic carbocycles. The highest BCUT2D eigenvalue weighted by molar-refractivity contribution is 6.23. The monoisotopic (exact) mass is 576 g/mol. The number of fused-ring (bicyclic) bond motifs is 8. The molecule has 212 valence electrons. The Morgan fingerprint density at radius 1 is 0.511 bits per heavy atom. The third-order valence-corrected chi connectivity index (χ3v) is 9.15. The second-order valence-corrected chi connectivity index (χ2v) is 11.6. The van der Waals surface area contributed by atoms with Crippen LogP contribution in [-0.4, -0.2) is 0 Å². The molecule has 0 spiro atoms. The molecule has 0 aliphatic heterocycles. The van der Waals surface area contributed by atoms with E-state index in [1.165, 1.54) is 43.6 Å². The van der Waals surface area contributed by atoms with Gasteiger partial charge >= 0.3 is 0 Å².